The number of carbonyl (C=O) groups excluding carboxylic acids is 1. The molecule has 0 fully saturated rings. The van der Waals surface area contributed by atoms with Gasteiger partial charge < -0.3 is 14.6 Å². The number of rotatable bonds is 4. The maximum Gasteiger partial charge on any atom is 0.268 e. The van der Waals surface area contributed by atoms with Gasteiger partial charge in [-0.25, -0.2) is 9.40 Å². The van der Waals surface area contributed by atoms with E-state index in [4.69, 9.17) is 9.47 Å². The van der Waals surface area contributed by atoms with E-state index in [1.165, 1.54) is 18.2 Å². The van der Waals surface area contributed by atoms with Crippen molar-refractivity contribution in [1.82, 2.24) is 5.01 Å². The number of carbonyl (C=O) groups is 1. The van der Waals surface area contributed by atoms with Crippen LogP contribution in [0.25, 0.3) is 0 Å². The molecule has 2 atom stereocenters. The molecule has 28 heavy (non-hydrogen) atoms. The normalized spacial score (nSPS) is 20.3. The highest BCUT2D eigenvalue weighted by Gasteiger charge is 2.44. The fraction of sp³-hybridized carbons (Fsp3) is 0.333. The third-order valence-corrected chi connectivity index (χ3v) is 5.44. The summed E-state index contributed by atoms with van der Waals surface area (Å²) < 4.78 is 24.7. The number of nitrogens with zero attached hydrogens (tertiary/aromatic N) is 2. The van der Waals surface area contributed by atoms with E-state index in [0.29, 0.717) is 11.3 Å². The van der Waals surface area contributed by atoms with Crippen LogP contribution in [0.1, 0.15) is 29.2 Å². The molecular weight excluding hydrogens is 363 g/mol. The maximum atomic E-state index is 14.3. The molecule has 1 aliphatic heterocycles. The standard InChI is InChI=1S/C21H21FN2O4/c1-27-14-6-3-12-4-7-15-20(16(12)10-14)23-24(19(26)11-25)21(15)13-5-8-18(28-2)17(22)9-13/h3,5-6,8-10,15,21,25H,4,7,11H2,1-2H3/t15-,21-/m0/s1. The average molecular weight is 384 g/mol. The Morgan fingerprint density at radius 2 is 2.07 bits per heavy atom. The predicted molar refractivity (Wildman–Crippen MR) is 101 cm³/mol. The zero-order valence-corrected chi connectivity index (χ0v) is 15.7. The second kappa shape index (κ2) is 7.24. The Morgan fingerprint density at radius 1 is 1.25 bits per heavy atom. The monoisotopic (exact) mass is 384 g/mol. The third-order valence-electron chi connectivity index (χ3n) is 5.44. The molecule has 0 aromatic heterocycles. The smallest absolute Gasteiger partial charge is 0.268 e. The van der Waals surface area contributed by atoms with Crippen molar-refractivity contribution in [2.45, 2.75) is 18.9 Å². The molecule has 2 aliphatic rings. The van der Waals surface area contributed by atoms with Crippen molar-refractivity contribution in [3.05, 3.63) is 58.9 Å². The summed E-state index contributed by atoms with van der Waals surface area (Å²) >= 11 is 0. The minimum atomic E-state index is -0.663. The number of hydrogen-bond acceptors (Lipinski definition) is 5. The molecule has 1 heterocycles. The predicted octanol–water partition coefficient (Wildman–Crippen LogP) is 2.69. The molecule has 0 saturated carbocycles. The Hall–Kier alpha value is -2.93. The van der Waals surface area contributed by atoms with Gasteiger partial charge in [-0.1, -0.05) is 12.1 Å². The fourth-order valence-electron chi connectivity index (χ4n) is 4.09. The summed E-state index contributed by atoms with van der Waals surface area (Å²) in [6.45, 7) is -0.663. The molecule has 1 N–H and O–H groups in total. The maximum absolute atomic E-state index is 14.3. The van der Waals surface area contributed by atoms with E-state index >= 15 is 0 Å². The van der Waals surface area contributed by atoms with Gasteiger partial charge in [-0.15, -0.1) is 0 Å². The van der Waals surface area contributed by atoms with Crippen molar-refractivity contribution in [2.75, 3.05) is 20.8 Å². The lowest BCUT2D eigenvalue weighted by Crippen LogP contribution is -2.33. The summed E-state index contributed by atoms with van der Waals surface area (Å²) in [6, 6.07) is 10.0. The molecule has 6 nitrogen and oxygen atoms in total. The summed E-state index contributed by atoms with van der Waals surface area (Å²) in [5, 5.41) is 15.3. The van der Waals surface area contributed by atoms with Crippen LogP contribution < -0.4 is 9.47 Å². The summed E-state index contributed by atoms with van der Waals surface area (Å²) in [6.07, 6.45) is 1.59. The fourth-order valence-corrected chi connectivity index (χ4v) is 4.09. The molecule has 0 radical (unpaired) electrons. The number of amides is 1. The van der Waals surface area contributed by atoms with Gasteiger partial charge >= 0.3 is 0 Å². The lowest BCUT2D eigenvalue weighted by Gasteiger charge is -2.29. The summed E-state index contributed by atoms with van der Waals surface area (Å²) in [7, 11) is 3.00. The van der Waals surface area contributed by atoms with Crippen LogP contribution in [0.5, 0.6) is 11.5 Å². The van der Waals surface area contributed by atoms with Gasteiger partial charge in [-0.05, 0) is 48.2 Å². The van der Waals surface area contributed by atoms with Crippen molar-refractivity contribution >= 4 is 11.6 Å². The van der Waals surface area contributed by atoms with E-state index in [1.54, 1.807) is 19.2 Å². The number of fused-ring (bicyclic) bond motifs is 3. The Balaban J connectivity index is 1.80. The summed E-state index contributed by atoms with van der Waals surface area (Å²) in [4.78, 5) is 12.4. The Kier molecular flexibility index (Phi) is 4.77. The number of aryl methyl sites for hydroxylation is 1. The second-order valence-electron chi connectivity index (χ2n) is 6.89. The molecule has 146 valence electrons. The van der Waals surface area contributed by atoms with Crippen LogP contribution in [-0.4, -0.2) is 42.6 Å². The van der Waals surface area contributed by atoms with E-state index in [9.17, 15) is 14.3 Å². The number of hydrazone groups is 1. The van der Waals surface area contributed by atoms with E-state index < -0.39 is 24.4 Å². The highest BCUT2D eigenvalue weighted by atomic mass is 19.1. The van der Waals surface area contributed by atoms with E-state index in [2.05, 4.69) is 5.10 Å². The SMILES string of the molecule is COc1ccc2c(c1)C1=NN(C(=O)CO)[C@@H](c3ccc(OC)c(F)c3)[C@H]1CC2. The molecular formula is C21H21FN2O4. The number of aliphatic hydroxyl groups excluding tert-OH is 1. The molecule has 4 rings (SSSR count). The third kappa shape index (κ3) is 2.92. The first-order valence-corrected chi connectivity index (χ1v) is 9.09. The molecule has 0 spiro atoms. The summed E-state index contributed by atoms with van der Waals surface area (Å²) in [5.41, 5.74) is 3.45. The zero-order chi connectivity index (χ0) is 19.8. The molecule has 7 heteroatoms. The largest absolute Gasteiger partial charge is 0.497 e. The topological polar surface area (TPSA) is 71.4 Å². The van der Waals surface area contributed by atoms with Crippen molar-refractivity contribution < 1.29 is 23.8 Å². The number of halogens is 1. The second-order valence-corrected chi connectivity index (χ2v) is 6.89. The molecule has 0 bridgehead atoms. The van der Waals surface area contributed by atoms with Gasteiger partial charge in [0.2, 0.25) is 0 Å². The Morgan fingerprint density at radius 3 is 2.75 bits per heavy atom. The van der Waals surface area contributed by atoms with Crippen molar-refractivity contribution in [1.29, 1.82) is 0 Å². The van der Waals surface area contributed by atoms with Gasteiger partial charge in [0.25, 0.3) is 5.91 Å². The highest BCUT2D eigenvalue weighted by molar-refractivity contribution is 6.07. The lowest BCUT2D eigenvalue weighted by atomic mass is 9.77. The zero-order valence-electron chi connectivity index (χ0n) is 15.7. The molecule has 2 aromatic carbocycles. The van der Waals surface area contributed by atoms with E-state index in [-0.39, 0.29) is 11.7 Å². The van der Waals surface area contributed by atoms with Gasteiger partial charge in [0, 0.05) is 11.5 Å². The van der Waals surface area contributed by atoms with Crippen molar-refractivity contribution in [3.63, 3.8) is 0 Å². The van der Waals surface area contributed by atoms with E-state index in [0.717, 1.165) is 29.7 Å². The van der Waals surface area contributed by atoms with Gasteiger partial charge in [0.05, 0.1) is 26.0 Å². The number of hydrogen-bond donors (Lipinski definition) is 1. The van der Waals surface area contributed by atoms with Gasteiger partial charge in [-0.3, -0.25) is 4.79 Å². The van der Waals surface area contributed by atoms with Crippen LogP contribution in [0.15, 0.2) is 41.5 Å². The van der Waals surface area contributed by atoms with Crippen LogP contribution in [0.4, 0.5) is 4.39 Å². The molecule has 1 aliphatic carbocycles. The first-order chi connectivity index (χ1) is 13.6. The Bertz CT molecular complexity index is 959. The number of methoxy groups -OCH3 is 2. The quantitative estimate of drug-likeness (QED) is 0.880. The van der Waals surface area contributed by atoms with Gasteiger partial charge in [-0.2, -0.15) is 5.10 Å². The molecule has 1 amide bonds. The van der Waals surface area contributed by atoms with Crippen LogP contribution in [0.2, 0.25) is 0 Å². The van der Waals surface area contributed by atoms with Gasteiger partial charge in [0.15, 0.2) is 11.6 Å². The first kappa shape index (κ1) is 18.4. The van der Waals surface area contributed by atoms with Crippen LogP contribution >= 0.6 is 0 Å². The first-order valence-electron chi connectivity index (χ1n) is 9.09. The molecule has 0 saturated heterocycles. The van der Waals surface area contributed by atoms with E-state index in [1.807, 2.05) is 18.2 Å². The number of ether oxygens (including phenoxy) is 2. The average Bonchev–Trinajstić information content (AvgIpc) is 3.12. The summed E-state index contributed by atoms with van der Waals surface area (Å²) in [5.74, 6) is -0.263. The molecule has 0 unspecified atom stereocenters. The highest BCUT2D eigenvalue weighted by Crippen LogP contribution is 2.44. The van der Waals surface area contributed by atoms with Crippen molar-refractivity contribution in [3.8, 4) is 11.5 Å². The number of benzene rings is 2. The Labute approximate surface area is 162 Å². The van der Waals surface area contributed by atoms with Gasteiger partial charge in [0.1, 0.15) is 12.4 Å². The van der Waals surface area contributed by atoms with Crippen LogP contribution in [0.3, 0.4) is 0 Å². The lowest BCUT2D eigenvalue weighted by molar-refractivity contribution is -0.136. The van der Waals surface area contributed by atoms with Crippen LogP contribution in [-0.2, 0) is 11.2 Å². The minimum absolute atomic E-state index is 0.0945. The van der Waals surface area contributed by atoms with Crippen molar-refractivity contribution in [2.24, 2.45) is 11.0 Å². The molecule has 2 aromatic rings. The van der Waals surface area contributed by atoms with Crippen LogP contribution in [0, 0.1) is 11.7 Å². The number of aliphatic hydroxyl groups is 1. The minimum Gasteiger partial charge on any atom is -0.497 e.